The molecule has 3 rings (SSSR count). The van der Waals surface area contributed by atoms with Crippen molar-refractivity contribution >= 4 is 17.6 Å². The number of carbonyl (C=O) groups excluding carboxylic acids is 1. The van der Waals surface area contributed by atoms with Gasteiger partial charge >= 0.3 is 5.97 Å². The molecular weight excluding hydrogens is 276 g/mol. The molecule has 1 atom stereocenters. The van der Waals surface area contributed by atoms with Crippen LogP contribution in [0.3, 0.4) is 0 Å². The van der Waals surface area contributed by atoms with E-state index in [0.29, 0.717) is 18.8 Å². The molecule has 0 radical (unpaired) electrons. The maximum atomic E-state index is 12.0. The van der Waals surface area contributed by atoms with Crippen LogP contribution in [0.4, 0.5) is 0 Å². The number of halogens is 1. The summed E-state index contributed by atoms with van der Waals surface area (Å²) in [5, 5.41) is 7.24. The first kappa shape index (κ1) is 13.3. The lowest BCUT2D eigenvalue weighted by Crippen LogP contribution is -2.27. The highest BCUT2D eigenvalue weighted by atomic mass is 35.5. The third-order valence-electron chi connectivity index (χ3n) is 3.93. The van der Waals surface area contributed by atoms with E-state index in [1.54, 1.807) is 6.92 Å². The van der Waals surface area contributed by atoms with Crippen LogP contribution < -0.4 is 10.6 Å². The van der Waals surface area contributed by atoms with E-state index in [1.165, 1.54) is 0 Å². The van der Waals surface area contributed by atoms with Crippen molar-refractivity contribution in [3.63, 3.8) is 0 Å². The standard InChI is InChI=1S/C15H17ClN2O2/c1-2-20-14(19)12-9-15-6-8-18-13(15)4-3-11(16)10(15)5-7-17-12/h3-5,9,17-18H,2,6-8H2,1H3. The van der Waals surface area contributed by atoms with Crippen molar-refractivity contribution < 1.29 is 9.53 Å². The zero-order valence-electron chi connectivity index (χ0n) is 11.3. The van der Waals surface area contributed by atoms with E-state index in [1.807, 2.05) is 18.2 Å². The van der Waals surface area contributed by atoms with Crippen LogP contribution in [0.1, 0.15) is 13.3 Å². The molecule has 106 valence electrons. The molecule has 2 aliphatic heterocycles. The molecule has 1 fully saturated rings. The first-order valence-corrected chi connectivity index (χ1v) is 7.22. The van der Waals surface area contributed by atoms with Crippen LogP contribution in [0.15, 0.2) is 46.3 Å². The summed E-state index contributed by atoms with van der Waals surface area (Å²) in [5.74, 6) is -0.312. The molecule has 4 nitrogen and oxygen atoms in total. The van der Waals surface area contributed by atoms with Crippen LogP contribution in [0.25, 0.3) is 0 Å². The fourth-order valence-corrected chi connectivity index (χ4v) is 3.35. The quantitative estimate of drug-likeness (QED) is 0.764. The van der Waals surface area contributed by atoms with Crippen molar-refractivity contribution in [1.82, 2.24) is 10.6 Å². The van der Waals surface area contributed by atoms with Crippen LogP contribution in [0.5, 0.6) is 0 Å². The fourth-order valence-electron chi connectivity index (χ4n) is 3.04. The van der Waals surface area contributed by atoms with Gasteiger partial charge in [-0.2, -0.15) is 0 Å². The van der Waals surface area contributed by atoms with Gasteiger partial charge in [-0.05, 0) is 37.1 Å². The number of carbonyl (C=O) groups is 1. The number of nitrogens with one attached hydrogen (secondary N) is 2. The molecule has 0 aromatic carbocycles. The van der Waals surface area contributed by atoms with Gasteiger partial charge in [0, 0.05) is 23.8 Å². The fraction of sp³-hybridized carbons (Fsp3) is 0.400. The van der Waals surface area contributed by atoms with Crippen molar-refractivity contribution in [2.75, 3.05) is 19.7 Å². The van der Waals surface area contributed by atoms with Crippen LogP contribution in [0, 0.1) is 5.41 Å². The molecule has 1 unspecified atom stereocenters. The second-order valence-corrected chi connectivity index (χ2v) is 5.43. The highest BCUT2D eigenvalue weighted by molar-refractivity contribution is 6.32. The maximum absolute atomic E-state index is 12.0. The Bertz CT molecular complexity index is 574. The van der Waals surface area contributed by atoms with Crippen molar-refractivity contribution in [2.45, 2.75) is 13.3 Å². The van der Waals surface area contributed by atoms with Gasteiger partial charge in [0.2, 0.25) is 0 Å². The number of hydrogen-bond donors (Lipinski definition) is 2. The van der Waals surface area contributed by atoms with Gasteiger partial charge in [0.25, 0.3) is 0 Å². The average Bonchev–Trinajstić information content (AvgIpc) is 2.72. The third kappa shape index (κ3) is 1.95. The Morgan fingerprint density at radius 3 is 3.10 bits per heavy atom. The largest absolute Gasteiger partial charge is 0.461 e. The number of allylic oxidation sites excluding steroid dienone is 4. The van der Waals surface area contributed by atoms with E-state index >= 15 is 0 Å². The Balaban J connectivity index is 2.06. The Kier molecular flexibility index (Phi) is 3.34. The smallest absolute Gasteiger partial charge is 0.354 e. The summed E-state index contributed by atoms with van der Waals surface area (Å²) in [6, 6.07) is 0. The SMILES string of the molecule is CCOC(=O)C1=CC23CCNC2=CC=C(Cl)C3=CCN1. The molecule has 0 saturated carbocycles. The molecule has 2 N–H and O–H groups in total. The van der Waals surface area contributed by atoms with E-state index in [0.717, 1.165) is 29.3 Å². The second-order valence-electron chi connectivity index (χ2n) is 5.02. The molecule has 0 aromatic rings. The van der Waals surface area contributed by atoms with Gasteiger partial charge in [-0.25, -0.2) is 4.79 Å². The van der Waals surface area contributed by atoms with Gasteiger partial charge in [0.1, 0.15) is 5.70 Å². The van der Waals surface area contributed by atoms with Crippen molar-refractivity contribution in [3.8, 4) is 0 Å². The van der Waals surface area contributed by atoms with E-state index in [9.17, 15) is 4.79 Å². The molecule has 0 aromatic heterocycles. The van der Waals surface area contributed by atoms with Gasteiger partial charge < -0.3 is 15.4 Å². The number of esters is 1. The molecule has 1 saturated heterocycles. The molecule has 1 spiro atoms. The van der Waals surface area contributed by atoms with Crippen molar-refractivity contribution in [2.24, 2.45) is 5.41 Å². The van der Waals surface area contributed by atoms with Gasteiger partial charge in [-0.3, -0.25) is 0 Å². The Labute approximate surface area is 123 Å². The lowest BCUT2D eigenvalue weighted by molar-refractivity contribution is -0.139. The van der Waals surface area contributed by atoms with Crippen molar-refractivity contribution in [1.29, 1.82) is 0 Å². The third-order valence-corrected chi connectivity index (χ3v) is 4.26. The van der Waals surface area contributed by atoms with Crippen LogP contribution >= 0.6 is 11.6 Å². The molecule has 0 amide bonds. The summed E-state index contributed by atoms with van der Waals surface area (Å²) in [4.78, 5) is 12.0. The molecule has 5 heteroatoms. The summed E-state index contributed by atoms with van der Waals surface area (Å²) in [5.41, 5.74) is 2.35. The Morgan fingerprint density at radius 1 is 1.45 bits per heavy atom. The van der Waals surface area contributed by atoms with Crippen LogP contribution in [-0.2, 0) is 9.53 Å². The zero-order valence-corrected chi connectivity index (χ0v) is 12.1. The minimum absolute atomic E-state index is 0.312. The summed E-state index contributed by atoms with van der Waals surface area (Å²) >= 11 is 6.36. The molecule has 0 bridgehead atoms. The summed E-state index contributed by atoms with van der Waals surface area (Å²) in [6.07, 6.45) is 8.81. The maximum Gasteiger partial charge on any atom is 0.354 e. The second kappa shape index (κ2) is 5.02. The molecule has 2 heterocycles. The van der Waals surface area contributed by atoms with Gasteiger partial charge in [0.15, 0.2) is 0 Å². The lowest BCUT2D eigenvalue weighted by atomic mass is 9.73. The Morgan fingerprint density at radius 2 is 2.30 bits per heavy atom. The highest BCUT2D eigenvalue weighted by Gasteiger charge is 2.44. The summed E-state index contributed by atoms with van der Waals surface area (Å²) < 4.78 is 5.11. The van der Waals surface area contributed by atoms with E-state index in [-0.39, 0.29) is 11.4 Å². The normalized spacial score (nSPS) is 27.5. The zero-order chi connectivity index (χ0) is 14.2. The van der Waals surface area contributed by atoms with Crippen LogP contribution in [0.2, 0.25) is 0 Å². The first-order valence-electron chi connectivity index (χ1n) is 6.84. The topological polar surface area (TPSA) is 50.4 Å². The van der Waals surface area contributed by atoms with E-state index in [2.05, 4.69) is 16.7 Å². The summed E-state index contributed by atoms with van der Waals surface area (Å²) in [7, 11) is 0. The average molecular weight is 293 g/mol. The monoisotopic (exact) mass is 292 g/mol. The molecule has 1 aliphatic carbocycles. The highest BCUT2D eigenvalue weighted by Crippen LogP contribution is 2.50. The van der Waals surface area contributed by atoms with Gasteiger partial charge in [0.05, 0.1) is 12.0 Å². The van der Waals surface area contributed by atoms with E-state index in [4.69, 9.17) is 16.3 Å². The molecule has 3 aliphatic rings. The molecule has 20 heavy (non-hydrogen) atoms. The predicted octanol–water partition coefficient (Wildman–Crippen LogP) is 1.96. The first-order chi connectivity index (χ1) is 9.67. The number of hydrogen-bond acceptors (Lipinski definition) is 4. The minimum Gasteiger partial charge on any atom is -0.461 e. The Hall–Kier alpha value is -1.68. The van der Waals surface area contributed by atoms with Gasteiger partial charge in [-0.1, -0.05) is 17.7 Å². The van der Waals surface area contributed by atoms with Gasteiger partial charge in [-0.15, -0.1) is 0 Å². The number of ether oxygens (including phenoxy) is 1. The van der Waals surface area contributed by atoms with E-state index < -0.39 is 0 Å². The molecular formula is C15H17ClN2O2. The van der Waals surface area contributed by atoms with Crippen molar-refractivity contribution in [3.05, 3.63) is 46.3 Å². The predicted molar refractivity (Wildman–Crippen MR) is 77.9 cm³/mol. The summed E-state index contributed by atoms with van der Waals surface area (Å²) in [6.45, 7) is 3.61. The minimum atomic E-state index is -0.322. The van der Waals surface area contributed by atoms with Crippen LogP contribution in [-0.4, -0.2) is 25.7 Å². The number of rotatable bonds is 2. The lowest BCUT2D eigenvalue weighted by Gasteiger charge is -2.31.